The molecule has 0 fully saturated rings. The fraction of sp³-hybridized carbons (Fsp3) is 0.120. The first-order valence-corrected chi connectivity index (χ1v) is 12.2. The number of anilines is 2. The van der Waals surface area contributed by atoms with Crippen molar-refractivity contribution in [2.24, 2.45) is 0 Å². The van der Waals surface area contributed by atoms with Crippen LogP contribution in [-0.4, -0.2) is 31.4 Å². The molecule has 1 amide bonds. The molecule has 2 aromatic heterocycles. The summed E-state index contributed by atoms with van der Waals surface area (Å²) in [6.07, 6.45) is 1.67. The molecule has 0 aliphatic carbocycles. The van der Waals surface area contributed by atoms with Gasteiger partial charge >= 0.3 is 0 Å². The minimum absolute atomic E-state index is 0.0631. The maximum absolute atomic E-state index is 13.6. The number of carbonyl (C=O) groups is 1. The SMILES string of the molecule is Cc1ccc(-n2cnnc2SCC(=O)N(c2nc3ccccc3s2)c2ccccc2C)cc1. The Morgan fingerprint density at radius 1 is 1.00 bits per heavy atom. The van der Waals surface area contributed by atoms with Crippen LogP contribution in [0.15, 0.2) is 84.3 Å². The first-order valence-electron chi connectivity index (χ1n) is 10.4. The molecule has 0 saturated carbocycles. The lowest BCUT2D eigenvalue weighted by Gasteiger charge is -2.21. The number of thiazole rings is 1. The number of amides is 1. The first-order chi connectivity index (χ1) is 16.1. The van der Waals surface area contributed by atoms with E-state index in [0.29, 0.717) is 10.3 Å². The molecule has 0 saturated heterocycles. The van der Waals surface area contributed by atoms with Crippen molar-refractivity contribution in [1.82, 2.24) is 19.7 Å². The minimum atomic E-state index is -0.0631. The zero-order chi connectivity index (χ0) is 22.8. The summed E-state index contributed by atoms with van der Waals surface area (Å²) in [5.41, 5.74) is 4.87. The molecule has 164 valence electrons. The van der Waals surface area contributed by atoms with Gasteiger partial charge in [0.15, 0.2) is 10.3 Å². The van der Waals surface area contributed by atoms with E-state index in [0.717, 1.165) is 27.2 Å². The molecule has 3 aromatic carbocycles. The predicted molar refractivity (Wildman–Crippen MR) is 135 cm³/mol. The lowest BCUT2D eigenvalue weighted by Crippen LogP contribution is -2.28. The van der Waals surface area contributed by atoms with E-state index in [9.17, 15) is 4.79 Å². The Kier molecular flexibility index (Phi) is 5.93. The standard InChI is InChI=1S/C25H21N5OS2/c1-17-11-13-19(14-12-17)29-16-26-28-25(29)32-15-23(31)30(21-9-5-3-7-18(21)2)24-27-20-8-4-6-10-22(20)33-24/h3-14,16H,15H2,1-2H3. The monoisotopic (exact) mass is 471 g/mol. The van der Waals surface area contributed by atoms with Crippen LogP contribution in [0.3, 0.4) is 0 Å². The summed E-state index contributed by atoms with van der Waals surface area (Å²) in [5, 5.41) is 9.63. The molecule has 0 bridgehead atoms. The van der Waals surface area contributed by atoms with Gasteiger partial charge in [0.2, 0.25) is 5.91 Å². The molecule has 0 aliphatic heterocycles. The van der Waals surface area contributed by atoms with E-state index in [1.165, 1.54) is 28.7 Å². The third-order valence-corrected chi connectivity index (χ3v) is 7.18. The van der Waals surface area contributed by atoms with Crippen molar-refractivity contribution in [1.29, 1.82) is 0 Å². The van der Waals surface area contributed by atoms with E-state index in [1.807, 2.05) is 91.2 Å². The highest BCUT2D eigenvalue weighted by atomic mass is 32.2. The van der Waals surface area contributed by atoms with Crippen molar-refractivity contribution >= 4 is 50.0 Å². The second-order valence-electron chi connectivity index (χ2n) is 7.59. The van der Waals surface area contributed by atoms with Gasteiger partial charge in [-0.25, -0.2) is 4.98 Å². The van der Waals surface area contributed by atoms with Gasteiger partial charge in [-0.15, -0.1) is 10.2 Å². The Morgan fingerprint density at radius 2 is 1.76 bits per heavy atom. The summed E-state index contributed by atoms with van der Waals surface area (Å²) < 4.78 is 2.94. The minimum Gasteiger partial charge on any atom is -0.277 e. The number of rotatable bonds is 6. The van der Waals surface area contributed by atoms with Crippen LogP contribution in [0.4, 0.5) is 10.8 Å². The largest absolute Gasteiger partial charge is 0.277 e. The highest BCUT2D eigenvalue weighted by Gasteiger charge is 2.24. The first kappa shape index (κ1) is 21.4. The third kappa shape index (κ3) is 4.40. The van der Waals surface area contributed by atoms with Gasteiger partial charge in [-0.2, -0.15) is 0 Å². The maximum Gasteiger partial charge on any atom is 0.243 e. The molecule has 0 unspecified atom stereocenters. The molecule has 6 nitrogen and oxygen atoms in total. The van der Waals surface area contributed by atoms with Crippen LogP contribution >= 0.6 is 23.1 Å². The summed E-state index contributed by atoms with van der Waals surface area (Å²) in [4.78, 5) is 20.0. The Balaban J connectivity index is 1.45. The van der Waals surface area contributed by atoms with Crippen LogP contribution in [0.5, 0.6) is 0 Å². The lowest BCUT2D eigenvalue weighted by molar-refractivity contribution is -0.115. The van der Waals surface area contributed by atoms with Crippen molar-refractivity contribution in [3.63, 3.8) is 0 Å². The van der Waals surface area contributed by atoms with Gasteiger partial charge in [-0.3, -0.25) is 14.3 Å². The Labute approximate surface area is 199 Å². The number of para-hydroxylation sites is 2. The maximum atomic E-state index is 13.6. The molecule has 5 aromatic rings. The second-order valence-corrected chi connectivity index (χ2v) is 9.54. The Hall–Kier alpha value is -3.49. The number of aryl methyl sites for hydroxylation is 2. The van der Waals surface area contributed by atoms with Crippen LogP contribution in [0, 0.1) is 13.8 Å². The van der Waals surface area contributed by atoms with E-state index >= 15 is 0 Å². The molecule has 5 rings (SSSR count). The summed E-state index contributed by atoms with van der Waals surface area (Å²) in [5.74, 6) is 0.140. The fourth-order valence-corrected chi connectivity index (χ4v) is 5.29. The van der Waals surface area contributed by atoms with Gasteiger partial charge in [0.1, 0.15) is 6.33 Å². The zero-order valence-electron chi connectivity index (χ0n) is 18.2. The smallest absolute Gasteiger partial charge is 0.243 e. The van der Waals surface area contributed by atoms with Crippen LogP contribution in [0.25, 0.3) is 15.9 Å². The van der Waals surface area contributed by atoms with E-state index < -0.39 is 0 Å². The van der Waals surface area contributed by atoms with E-state index in [2.05, 4.69) is 10.2 Å². The number of hydrogen-bond donors (Lipinski definition) is 0. The average Bonchev–Trinajstić information content (AvgIpc) is 3.46. The van der Waals surface area contributed by atoms with Gasteiger partial charge in [0.25, 0.3) is 0 Å². The second kappa shape index (κ2) is 9.17. The summed E-state index contributed by atoms with van der Waals surface area (Å²) >= 11 is 2.88. The van der Waals surface area contributed by atoms with E-state index in [4.69, 9.17) is 4.98 Å². The number of carbonyl (C=O) groups excluding carboxylic acids is 1. The van der Waals surface area contributed by atoms with Gasteiger partial charge in [-0.05, 0) is 49.7 Å². The van der Waals surface area contributed by atoms with Crippen molar-refractivity contribution in [3.8, 4) is 5.69 Å². The highest BCUT2D eigenvalue weighted by Crippen LogP contribution is 2.35. The van der Waals surface area contributed by atoms with Crippen LogP contribution in [-0.2, 0) is 4.79 Å². The highest BCUT2D eigenvalue weighted by molar-refractivity contribution is 7.99. The number of benzene rings is 3. The van der Waals surface area contributed by atoms with Crippen LogP contribution in [0.1, 0.15) is 11.1 Å². The summed E-state index contributed by atoms with van der Waals surface area (Å²) in [7, 11) is 0. The number of fused-ring (bicyclic) bond motifs is 1. The van der Waals surface area contributed by atoms with Crippen LogP contribution < -0.4 is 4.90 Å². The number of thioether (sulfide) groups is 1. The van der Waals surface area contributed by atoms with Crippen molar-refractivity contribution in [3.05, 3.63) is 90.3 Å². The zero-order valence-corrected chi connectivity index (χ0v) is 19.8. The Bertz CT molecular complexity index is 1390. The number of aromatic nitrogens is 4. The molecular weight excluding hydrogens is 450 g/mol. The molecular formula is C25H21N5OS2. The van der Waals surface area contributed by atoms with Gasteiger partial charge < -0.3 is 0 Å². The van der Waals surface area contributed by atoms with E-state index in [1.54, 1.807) is 11.2 Å². The molecule has 0 N–H and O–H groups in total. The van der Waals surface area contributed by atoms with Crippen molar-refractivity contribution in [2.45, 2.75) is 19.0 Å². The van der Waals surface area contributed by atoms with Gasteiger partial charge in [0.05, 0.1) is 21.7 Å². The molecule has 0 atom stereocenters. The summed E-state index contributed by atoms with van der Waals surface area (Å²) in [6, 6.07) is 23.9. The predicted octanol–water partition coefficient (Wildman–Crippen LogP) is 5.95. The van der Waals surface area contributed by atoms with Gasteiger partial charge in [-0.1, -0.05) is 71.1 Å². The fourth-order valence-electron chi connectivity index (χ4n) is 3.51. The molecule has 33 heavy (non-hydrogen) atoms. The normalized spacial score (nSPS) is 11.1. The molecule has 0 radical (unpaired) electrons. The summed E-state index contributed by atoms with van der Waals surface area (Å²) in [6.45, 7) is 4.05. The molecule has 2 heterocycles. The Morgan fingerprint density at radius 3 is 2.55 bits per heavy atom. The van der Waals surface area contributed by atoms with Crippen molar-refractivity contribution < 1.29 is 4.79 Å². The average molecular weight is 472 g/mol. The van der Waals surface area contributed by atoms with Gasteiger partial charge in [0, 0.05) is 5.69 Å². The third-order valence-electron chi connectivity index (χ3n) is 5.23. The number of hydrogen-bond acceptors (Lipinski definition) is 6. The van der Waals surface area contributed by atoms with E-state index in [-0.39, 0.29) is 11.7 Å². The quantitative estimate of drug-likeness (QED) is 0.286. The number of nitrogens with zero attached hydrogens (tertiary/aromatic N) is 5. The lowest BCUT2D eigenvalue weighted by atomic mass is 10.2. The molecule has 0 spiro atoms. The van der Waals surface area contributed by atoms with Crippen LogP contribution in [0.2, 0.25) is 0 Å². The topological polar surface area (TPSA) is 63.9 Å². The molecule has 8 heteroatoms. The van der Waals surface area contributed by atoms with Crippen molar-refractivity contribution in [2.75, 3.05) is 10.7 Å². The molecule has 0 aliphatic rings.